The summed E-state index contributed by atoms with van der Waals surface area (Å²) in [7, 11) is 6.39. The van der Waals surface area contributed by atoms with E-state index in [1.54, 1.807) is 6.33 Å². The molecule has 3 aliphatic heterocycles. The molecule has 0 unspecified atom stereocenters. The molecule has 0 aliphatic carbocycles. The largest absolute Gasteiger partial charge is 0.349 e. The second-order valence-electron chi connectivity index (χ2n) is 8.38. The molecule has 0 saturated heterocycles. The summed E-state index contributed by atoms with van der Waals surface area (Å²) in [4.78, 5) is 15.1. The van der Waals surface area contributed by atoms with Gasteiger partial charge in [-0.05, 0) is 33.3 Å². The van der Waals surface area contributed by atoms with E-state index in [-0.39, 0.29) is 0 Å². The Morgan fingerprint density at radius 2 is 1.47 bits per heavy atom. The molecule has 3 aliphatic rings. The Labute approximate surface area is 178 Å². The summed E-state index contributed by atoms with van der Waals surface area (Å²) < 4.78 is 6.49. The highest BCUT2D eigenvalue weighted by Gasteiger charge is 2.13. The Bertz CT molecular complexity index is 805. The molecule has 0 spiro atoms. The van der Waals surface area contributed by atoms with Gasteiger partial charge in [-0.25, -0.2) is 14.6 Å². The summed E-state index contributed by atoms with van der Waals surface area (Å²) >= 11 is 0. The molecule has 6 heterocycles. The molecule has 6 rings (SSSR count). The van der Waals surface area contributed by atoms with Gasteiger partial charge in [-0.1, -0.05) is 0 Å². The molecule has 162 valence electrons. The molecular weight excluding hydrogens is 378 g/mol. The third-order valence-corrected chi connectivity index (χ3v) is 5.83. The van der Waals surface area contributed by atoms with E-state index < -0.39 is 0 Å². The first-order valence-electron chi connectivity index (χ1n) is 10.6. The van der Waals surface area contributed by atoms with Crippen molar-refractivity contribution in [3.05, 3.63) is 54.4 Å². The maximum Gasteiger partial charge on any atom is 0.141 e. The predicted molar refractivity (Wildman–Crippen MR) is 116 cm³/mol. The SMILES string of the molecule is CN1CCn2cccc2C1.CN1CCn2cncc2C1.CN1CCn2ncnc2C1. The lowest BCUT2D eigenvalue weighted by molar-refractivity contribution is 0.254. The van der Waals surface area contributed by atoms with E-state index in [1.807, 2.05) is 17.2 Å². The van der Waals surface area contributed by atoms with Gasteiger partial charge in [0, 0.05) is 63.9 Å². The summed E-state index contributed by atoms with van der Waals surface area (Å²) in [5.74, 6) is 1.08. The van der Waals surface area contributed by atoms with Crippen molar-refractivity contribution in [2.75, 3.05) is 40.8 Å². The van der Waals surface area contributed by atoms with Crippen LogP contribution in [0.15, 0.2) is 37.2 Å². The molecule has 0 saturated carbocycles. The summed E-state index contributed by atoms with van der Waals surface area (Å²) in [5, 5.41) is 4.07. The van der Waals surface area contributed by atoms with Crippen LogP contribution in [-0.4, -0.2) is 84.4 Å². The van der Waals surface area contributed by atoms with Crippen LogP contribution < -0.4 is 0 Å². The molecule has 0 bridgehead atoms. The zero-order valence-corrected chi connectivity index (χ0v) is 18.4. The average molecular weight is 412 g/mol. The van der Waals surface area contributed by atoms with Crippen molar-refractivity contribution in [1.29, 1.82) is 0 Å². The van der Waals surface area contributed by atoms with Crippen molar-refractivity contribution in [2.45, 2.75) is 39.3 Å². The molecule has 30 heavy (non-hydrogen) atoms. The summed E-state index contributed by atoms with van der Waals surface area (Å²) in [5.41, 5.74) is 2.77. The van der Waals surface area contributed by atoms with Crippen molar-refractivity contribution >= 4 is 0 Å². The smallest absolute Gasteiger partial charge is 0.141 e. The van der Waals surface area contributed by atoms with Crippen molar-refractivity contribution < 1.29 is 0 Å². The number of hydrogen-bond donors (Lipinski definition) is 0. The maximum absolute atomic E-state index is 4.12. The van der Waals surface area contributed by atoms with Gasteiger partial charge in [-0.2, -0.15) is 5.10 Å². The Morgan fingerprint density at radius 3 is 2.30 bits per heavy atom. The molecule has 9 nitrogen and oxygen atoms in total. The number of fused-ring (bicyclic) bond motifs is 3. The first-order valence-corrected chi connectivity index (χ1v) is 10.6. The Balaban J connectivity index is 0.000000109. The third-order valence-electron chi connectivity index (χ3n) is 5.83. The minimum absolute atomic E-state index is 0.931. The molecule has 0 N–H and O–H groups in total. The minimum atomic E-state index is 0.931. The number of aromatic nitrogens is 6. The second kappa shape index (κ2) is 9.55. The summed E-state index contributed by atoms with van der Waals surface area (Å²) in [6.07, 6.45) is 7.62. The molecule has 0 atom stereocenters. The molecule has 0 radical (unpaired) electrons. The quantitative estimate of drug-likeness (QED) is 0.550. The van der Waals surface area contributed by atoms with E-state index in [0.717, 1.165) is 58.2 Å². The lowest BCUT2D eigenvalue weighted by Crippen LogP contribution is -2.30. The number of nitrogens with zero attached hydrogens (tertiary/aromatic N) is 9. The van der Waals surface area contributed by atoms with Gasteiger partial charge in [0.05, 0.1) is 25.1 Å². The van der Waals surface area contributed by atoms with Gasteiger partial charge in [0.15, 0.2) is 0 Å². The third kappa shape index (κ3) is 5.16. The van der Waals surface area contributed by atoms with Crippen LogP contribution in [0.5, 0.6) is 0 Å². The number of rotatable bonds is 0. The van der Waals surface area contributed by atoms with Gasteiger partial charge in [0.1, 0.15) is 12.2 Å². The Morgan fingerprint density at radius 1 is 0.767 bits per heavy atom. The zero-order chi connectivity index (χ0) is 20.9. The highest BCUT2D eigenvalue weighted by Crippen LogP contribution is 2.10. The van der Waals surface area contributed by atoms with Crippen molar-refractivity contribution in [3.63, 3.8) is 0 Å². The van der Waals surface area contributed by atoms with E-state index in [1.165, 1.54) is 17.9 Å². The van der Waals surface area contributed by atoms with Crippen LogP contribution in [0.2, 0.25) is 0 Å². The number of likely N-dealkylation sites (N-methyl/N-ethyl adjacent to an activating group) is 3. The van der Waals surface area contributed by atoms with Gasteiger partial charge in [-0.3, -0.25) is 14.7 Å². The highest BCUT2D eigenvalue weighted by atomic mass is 15.4. The number of imidazole rings is 1. The van der Waals surface area contributed by atoms with Gasteiger partial charge in [-0.15, -0.1) is 0 Å². The van der Waals surface area contributed by atoms with Crippen LogP contribution in [-0.2, 0) is 39.3 Å². The standard InChI is InChI=1S/C8H12N2.C7H11N3.C6H10N4/c1-9-5-6-10-4-2-3-8(10)7-9;1-9-2-3-10-6-8-4-7(10)5-9;1-9-2-3-10-6(4-9)7-5-8-10/h2-4H,5-7H2,1H3;4,6H,2-3,5H2,1H3;5H,2-4H2,1H3. The number of hydrogen-bond acceptors (Lipinski definition) is 6. The molecular formula is C21H33N9. The first kappa shape index (κ1) is 20.8. The van der Waals surface area contributed by atoms with Gasteiger partial charge in [0.2, 0.25) is 0 Å². The van der Waals surface area contributed by atoms with E-state index in [9.17, 15) is 0 Å². The molecule has 9 heteroatoms. The van der Waals surface area contributed by atoms with Gasteiger partial charge in [0.25, 0.3) is 0 Å². The lowest BCUT2D eigenvalue weighted by atomic mass is 10.3. The molecule has 3 aromatic heterocycles. The minimum Gasteiger partial charge on any atom is -0.349 e. The second-order valence-corrected chi connectivity index (χ2v) is 8.38. The van der Waals surface area contributed by atoms with E-state index in [0.29, 0.717) is 0 Å². The predicted octanol–water partition coefficient (Wildman–Crippen LogP) is 0.986. The summed E-state index contributed by atoms with van der Waals surface area (Å²) in [6.45, 7) is 9.70. The van der Waals surface area contributed by atoms with Crippen LogP contribution in [0.4, 0.5) is 0 Å². The first-order chi connectivity index (χ1) is 14.6. The molecule has 0 aromatic carbocycles. The maximum atomic E-state index is 4.12. The molecule has 3 aromatic rings. The fourth-order valence-electron chi connectivity index (χ4n) is 3.94. The Kier molecular flexibility index (Phi) is 6.61. The fraction of sp³-hybridized carbons (Fsp3) is 0.571. The van der Waals surface area contributed by atoms with Crippen LogP contribution in [0.3, 0.4) is 0 Å². The van der Waals surface area contributed by atoms with Crippen molar-refractivity contribution in [3.8, 4) is 0 Å². The van der Waals surface area contributed by atoms with Crippen LogP contribution in [0.1, 0.15) is 17.2 Å². The van der Waals surface area contributed by atoms with Gasteiger partial charge < -0.3 is 9.13 Å². The van der Waals surface area contributed by atoms with E-state index >= 15 is 0 Å². The van der Waals surface area contributed by atoms with E-state index in [2.05, 4.69) is 78.4 Å². The zero-order valence-electron chi connectivity index (χ0n) is 18.4. The fourth-order valence-corrected chi connectivity index (χ4v) is 3.94. The van der Waals surface area contributed by atoms with Crippen LogP contribution >= 0.6 is 0 Å². The van der Waals surface area contributed by atoms with Crippen LogP contribution in [0.25, 0.3) is 0 Å². The van der Waals surface area contributed by atoms with Crippen molar-refractivity contribution in [1.82, 2.24) is 43.6 Å². The van der Waals surface area contributed by atoms with Crippen LogP contribution in [0, 0.1) is 0 Å². The van der Waals surface area contributed by atoms with Gasteiger partial charge >= 0.3 is 0 Å². The lowest BCUT2D eigenvalue weighted by Gasteiger charge is -2.24. The molecule has 0 fully saturated rings. The Hall–Kier alpha value is -2.49. The normalized spacial score (nSPS) is 18.9. The summed E-state index contributed by atoms with van der Waals surface area (Å²) in [6, 6.07) is 4.31. The highest BCUT2D eigenvalue weighted by molar-refractivity contribution is 5.08. The van der Waals surface area contributed by atoms with E-state index in [4.69, 9.17) is 0 Å². The van der Waals surface area contributed by atoms with Crippen molar-refractivity contribution in [2.24, 2.45) is 0 Å². The average Bonchev–Trinajstić information content (AvgIpc) is 3.48. The monoisotopic (exact) mass is 411 g/mol. The molecule has 0 amide bonds. The topological polar surface area (TPSA) is 63.2 Å².